The molecule has 0 aliphatic heterocycles. The van der Waals surface area contributed by atoms with Crippen molar-refractivity contribution >= 4 is 21.6 Å². The van der Waals surface area contributed by atoms with Gasteiger partial charge in [0, 0.05) is 36.7 Å². The van der Waals surface area contributed by atoms with E-state index in [-0.39, 0.29) is 16.8 Å². The Morgan fingerprint density at radius 3 is 2.50 bits per heavy atom. The molecule has 1 aliphatic carbocycles. The summed E-state index contributed by atoms with van der Waals surface area (Å²) >= 11 is 0. The number of pyridine rings is 1. The van der Waals surface area contributed by atoms with Crippen LogP contribution in [-0.4, -0.2) is 36.7 Å². The van der Waals surface area contributed by atoms with Crippen LogP contribution in [0.2, 0.25) is 0 Å². The fourth-order valence-corrected chi connectivity index (χ4v) is 4.71. The molecule has 1 heterocycles. The van der Waals surface area contributed by atoms with Gasteiger partial charge in [-0.25, -0.2) is 8.42 Å². The molecule has 1 aromatic heterocycles. The lowest BCUT2D eigenvalue weighted by atomic mass is 9.96. The van der Waals surface area contributed by atoms with E-state index in [0.29, 0.717) is 11.3 Å². The second-order valence-corrected chi connectivity index (χ2v) is 8.53. The number of anilines is 1. The van der Waals surface area contributed by atoms with E-state index < -0.39 is 10.0 Å². The number of amides is 1. The van der Waals surface area contributed by atoms with Crippen LogP contribution in [0.3, 0.4) is 0 Å². The summed E-state index contributed by atoms with van der Waals surface area (Å²) < 4.78 is 27.4. The van der Waals surface area contributed by atoms with E-state index in [1.54, 1.807) is 43.7 Å². The monoisotopic (exact) mass is 373 g/mol. The van der Waals surface area contributed by atoms with Crippen LogP contribution >= 0.6 is 0 Å². The number of sulfonamides is 1. The third-order valence-electron chi connectivity index (χ3n) is 4.80. The van der Waals surface area contributed by atoms with E-state index in [2.05, 4.69) is 10.3 Å². The second-order valence-electron chi connectivity index (χ2n) is 6.53. The minimum absolute atomic E-state index is 0.0306. The van der Waals surface area contributed by atoms with Crippen LogP contribution in [0.4, 0.5) is 5.69 Å². The largest absolute Gasteiger partial charge is 0.322 e. The highest BCUT2D eigenvalue weighted by molar-refractivity contribution is 7.89. The van der Waals surface area contributed by atoms with Crippen LogP contribution in [0, 0.1) is 0 Å². The summed E-state index contributed by atoms with van der Waals surface area (Å²) in [6, 6.07) is 9.57. The van der Waals surface area contributed by atoms with Gasteiger partial charge in [-0.1, -0.05) is 25.3 Å². The highest BCUT2D eigenvalue weighted by atomic mass is 32.2. The molecule has 0 atom stereocenters. The van der Waals surface area contributed by atoms with Gasteiger partial charge in [-0.3, -0.25) is 9.78 Å². The summed E-state index contributed by atoms with van der Waals surface area (Å²) in [5, 5.41) is 2.74. The Morgan fingerprint density at radius 2 is 1.81 bits per heavy atom. The first-order chi connectivity index (χ1) is 12.5. The molecular formula is C19H23N3O3S. The van der Waals surface area contributed by atoms with Crippen molar-refractivity contribution in [2.24, 2.45) is 0 Å². The lowest BCUT2D eigenvalue weighted by Crippen LogP contribution is -2.38. The molecule has 7 heteroatoms. The topological polar surface area (TPSA) is 79.4 Å². The number of rotatable bonds is 5. The van der Waals surface area contributed by atoms with Gasteiger partial charge in [0.1, 0.15) is 0 Å². The highest BCUT2D eigenvalue weighted by Crippen LogP contribution is 2.26. The molecule has 0 bridgehead atoms. The van der Waals surface area contributed by atoms with Gasteiger partial charge >= 0.3 is 0 Å². The first-order valence-corrected chi connectivity index (χ1v) is 10.2. The minimum Gasteiger partial charge on any atom is -0.322 e. The predicted molar refractivity (Wildman–Crippen MR) is 100 cm³/mol. The Morgan fingerprint density at radius 1 is 1.12 bits per heavy atom. The first kappa shape index (κ1) is 18.5. The van der Waals surface area contributed by atoms with Gasteiger partial charge in [0.2, 0.25) is 10.0 Å². The van der Waals surface area contributed by atoms with Gasteiger partial charge in [-0.2, -0.15) is 4.31 Å². The molecule has 1 fully saturated rings. The van der Waals surface area contributed by atoms with Gasteiger partial charge in [0.05, 0.1) is 4.90 Å². The maximum absolute atomic E-state index is 13.0. The molecule has 0 saturated heterocycles. The fourth-order valence-electron chi connectivity index (χ4n) is 3.24. The van der Waals surface area contributed by atoms with Crippen molar-refractivity contribution < 1.29 is 13.2 Å². The lowest BCUT2D eigenvalue weighted by Gasteiger charge is -2.30. The van der Waals surface area contributed by atoms with E-state index in [1.165, 1.54) is 16.4 Å². The molecule has 1 N–H and O–H groups in total. The average molecular weight is 373 g/mol. The Hall–Kier alpha value is -2.25. The first-order valence-electron chi connectivity index (χ1n) is 8.78. The van der Waals surface area contributed by atoms with E-state index in [4.69, 9.17) is 0 Å². The van der Waals surface area contributed by atoms with Crippen LogP contribution < -0.4 is 5.32 Å². The maximum Gasteiger partial charge on any atom is 0.255 e. The molecule has 26 heavy (non-hydrogen) atoms. The highest BCUT2D eigenvalue weighted by Gasteiger charge is 2.29. The number of benzene rings is 1. The van der Waals surface area contributed by atoms with Crippen molar-refractivity contribution in [2.45, 2.75) is 43.0 Å². The molecule has 0 spiro atoms. The average Bonchev–Trinajstić information content (AvgIpc) is 2.69. The van der Waals surface area contributed by atoms with Crippen molar-refractivity contribution in [1.82, 2.24) is 9.29 Å². The Labute approximate surface area is 154 Å². The van der Waals surface area contributed by atoms with Gasteiger partial charge < -0.3 is 5.32 Å². The number of carbonyl (C=O) groups excluding carboxylic acids is 1. The Balaban J connectivity index is 1.80. The van der Waals surface area contributed by atoms with Gasteiger partial charge in [0.15, 0.2) is 0 Å². The Kier molecular flexibility index (Phi) is 5.68. The molecule has 6 nitrogen and oxygen atoms in total. The van der Waals surface area contributed by atoms with Crippen LogP contribution in [0.1, 0.15) is 42.5 Å². The quantitative estimate of drug-likeness (QED) is 0.872. The van der Waals surface area contributed by atoms with Crippen LogP contribution in [0.5, 0.6) is 0 Å². The number of aromatic nitrogens is 1. The summed E-state index contributed by atoms with van der Waals surface area (Å²) in [5.74, 6) is -0.353. The van der Waals surface area contributed by atoms with E-state index >= 15 is 0 Å². The number of nitrogens with one attached hydrogen (secondary N) is 1. The molecule has 1 aliphatic rings. The Bertz CT molecular complexity index is 863. The summed E-state index contributed by atoms with van der Waals surface area (Å²) in [5.41, 5.74) is 0.914. The normalized spacial score (nSPS) is 15.8. The van der Waals surface area contributed by atoms with E-state index in [1.807, 2.05) is 0 Å². The predicted octanol–water partition coefficient (Wildman–Crippen LogP) is 3.29. The molecule has 1 saturated carbocycles. The van der Waals surface area contributed by atoms with Crippen molar-refractivity contribution in [1.29, 1.82) is 0 Å². The molecule has 1 amide bonds. The zero-order valence-electron chi connectivity index (χ0n) is 14.8. The lowest BCUT2D eigenvalue weighted by molar-refractivity contribution is 0.102. The van der Waals surface area contributed by atoms with Crippen LogP contribution in [0.15, 0.2) is 53.7 Å². The molecule has 0 unspecified atom stereocenters. The SMILES string of the molecule is CN(C1CCCCC1)S(=O)(=O)c1cccc(C(=O)Nc2ccncc2)c1. The van der Waals surface area contributed by atoms with E-state index in [0.717, 1.165) is 32.1 Å². The van der Waals surface area contributed by atoms with Crippen molar-refractivity contribution in [3.05, 3.63) is 54.4 Å². The fraction of sp³-hybridized carbons (Fsp3) is 0.368. The number of hydrogen-bond donors (Lipinski definition) is 1. The molecular weight excluding hydrogens is 350 g/mol. The summed E-state index contributed by atoms with van der Waals surface area (Å²) in [7, 11) is -1.99. The van der Waals surface area contributed by atoms with Crippen molar-refractivity contribution in [3.63, 3.8) is 0 Å². The minimum atomic E-state index is -3.62. The van der Waals surface area contributed by atoms with Crippen molar-refractivity contribution in [2.75, 3.05) is 12.4 Å². The second kappa shape index (κ2) is 7.97. The molecule has 0 radical (unpaired) electrons. The standard InChI is InChI=1S/C19H23N3O3S/c1-22(17-7-3-2-4-8-17)26(24,25)18-9-5-6-15(14-18)19(23)21-16-10-12-20-13-11-16/h5-6,9-14,17H,2-4,7-8H2,1H3,(H,20,21,23). The smallest absolute Gasteiger partial charge is 0.255 e. The number of carbonyl (C=O) groups is 1. The van der Waals surface area contributed by atoms with Gasteiger partial charge in [-0.15, -0.1) is 0 Å². The molecule has 138 valence electrons. The maximum atomic E-state index is 13.0. The molecule has 1 aromatic carbocycles. The summed E-state index contributed by atoms with van der Waals surface area (Å²) in [6.07, 6.45) is 8.20. The number of nitrogens with zero attached hydrogens (tertiary/aromatic N) is 2. The van der Waals surface area contributed by atoms with Crippen molar-refractivity contribution in [3.8, 4) is 0 Å². The van der Waals surface area contributed by atoms with E-state index in [9.17, 15) is 13.2 Å². The molecule has 2 aromatic rings. The zero-order valence-corrected chi connectivity index (χ0v) is 15.6. The van der Waals surface area contributed by atoms with Crippen LogP contribution in [0.25, 0.3) is 0 Å². The van der Waals surface area contributed by atoms with Gasteiger partial charge in [-0.05, 0) is 43.2 Å². The zero-order chi connectivity index (χ0) is 18.6. The number of hydrogen-bond acceptors (Lipinski definition) is 4. The molecule has 3 rings (SSSR count). The third-order valence-corrected chi connectivity index (χ3v) is 6.71. The summed E-state index contributed by atoms with van der Waals surface area (Å²) in [4.78, 5) is 16.5. The van der Waals surface area contributed by atoms with Gasteiger partial charge in [0.25, 0.3) is 5.91 Å². The van der Waals surface area contributed by atoms with Crippen LogP contribution in [-0.2, 0) is 10.0 Å². The summed E-state index contributed by atoms with van der Waals surface area (Å²) in [6.45, 7) is 0. The third kappa shape index (κ3) is 4.11.